The topological polar surface area (TPSA) is 34.1 Å². The van der Waals surface area contributed by atoms with Crippen LogP contribution in [0.15, 0.2) is 23.8 Å². The van der Waals surface area contributed by atoms with E-state index in [1.165, 1.54) is 24.8 Å². The van der Waals surface area contributed by atoms with Crippen LogP contribution in [0.5, 0.6) is 0 Å². The van der Waals surface area contributed by atoms with E-state index in [4.69, 9.17) is 0 Å². The molecule has 21 heavy (non-hydrogen) atoms. The number of hydrogen-bond acceptors (Lipinski definition) is 2. The van der Waals surface area contributed by atoms with Gasteiger partial charge in [-0.25, -0.2) is 0 Å². The van der Waals surface area contributed by atoms with Gasteiger partial charge in [0.2, 0.25) is 0 Å². The fourth-order valence-electron chi connectivity index (χ4n) is 5.98. The second kappa shape index (κ2) is 4.18. The molecule has 0 bridgehead atoms. The summed E-state index contributed by atoms with van der Waals surface area (Å²) >= 11 is 0. The highest BCUT2D eigenvalue weighted by Gasteiger charge is 2.57. The zero-order valence-corrected chi connectivity index (χ0v) is 13.0. The summed E-state index contributed by atoms with van der Waals surface area (Å²) in [5, 5.41) is 0. The lowest BCUT2D eigenvalue weighted by Gasteiger charge is -2.55. The molecule has 0 N–H and O–H groups in total. The fraction of sp³-hybridized carbons (Fsp3) is 0.684. The number of ketones is 2. The Morgan fingerprint density at radius 3 is 2.76 bits per heavy atom. The summed E-state index contributed by atoms with van der Waals surface area (Å²) in [7, 11) is 0. The minimum atomic E-state index is 0.0593. The van der Waals surface area contributed by atoms with Crippen LogP contribution in [-0.2, 0) is 9.59 Å². The van der Waals surface area contributed by atoms with Gasteiger partial charge in [0.15, 0.2) is 5.78 Å². The van der Waals surface area contributed by atoms with Gasteiger partial charge >= 0.3 is 0 Å². The van der Waals surface area contributed by atoms with E-state index in [1.54, 1.807) is 6.08 Å². The van der Waals surface area contributed by atoms with Crippen LogP contribution in [0.2, 0.25) is 0 Å². The zero-order chi connectivity index (χ0) is 14.8. The Labute approximate surface area is 126 Å². The molecule has 3 saturated carbocycles. The molecule has 5 atom stereocenters. The first-order valence-electron chi connectivity index (χ1n) is 8.38. The minimum Gasteiger partial charge on any atom is -0.300 e. The summed E-state index contributed by atoms with van der Waals surface area (Å²) in [5.74, 6) is 2.48. The highest BCUT2D eigenvalue weighted by molar-refractivity contribution is 6.01. The molecule has 0 radical (unpaired) electrons. The van der Waals surface area contributed by atoms with Gasteiger partial charge in [-0.1, -0.05) is 25.5 Å². The molecule has 0 aromatic carbocycles. The van der Waals surface area contributed by atoms with Crippen LogP contribution in [0.4, 0.5) is 0 Å². The van der Waals surface area contributed by atoms with E-state index in [-0.39, 0.29) is 16.6 Å². The molecular formula is C19H24O2. The Balaban J connectivity index is 1.71. The molecule has 2 heteroatoms. The highest BCUT2D eigenvalue weighted by atomic mass is 16.1. The Kier molecular flexibility index (Phi) is 2.68. The van der Waals surface area contributed by atoms with E-state index in [0.29, 0.717) is 23.5 Å². The van der Waals surface area contributed by atoms with Crippen molar-refractivity contribution in [2.75, 3.05) is 0 Å². The fourth-order valence-corrected chi connectivity index (χ4v) is 5.98. The van der Waals surface area contributed by atoms with Crippen molar-refractivity contribution in [3.8, 4) is 0 Å². The van der Waals surface area contributed by atoms with E-state index in [2.05, 4.69) is 19.9 Å². The van der Waals surface area contributed by atoms with Crippen LogP contribution in [0, 0.1) is 28.6 Å². The van der Waals surface area contributed by atoms with Crippen LogP contribution in [-0.4, -0.2) is 11.6 Å². The quantitative estimate of drug-likeness (QED) is 0.677. The first-order chi connectivity index (χ1) is 9.92. The van der Waals surface area contributed by atoms with Crippen molar-refractivity contribution in [3.05, 3.63) is 23.8 Å². The molecule has 4 rings (SSSR count). The van der Waals surface area contributed by atoms with Crippen LogP contribution in [0.1, 0.15) is 52.4 Å². The number of rotatable bonds is 0. The molecule has 0 aromatic rings. The van der Waals surface area contributed by atoms with Gasteiger partial charge in [-0.3, -0.25) is 9.59 Å². The molecule has 0 aromatic heterocycles. The lowest BCUT2D eigenvalue weighted by atomic mass is 9.48. The standard InChI is InChI=1S/C19H24O2/c1-18-7-6-16-15(17(18)10-14(21)11-18)4-3-12-9-13(20)5-8-19(12,16)2/h5,8-9,15-17H,3-4,6-7,10-11H2,1-2H3. The zero-order valence-electron chi connectivity index (χ0n) is 13.0. The van der Waals surface area contributed by atoms with Crippen molar-refractivity contribution < 1.29 is 9.59 Å². The Hall–Kier alpha value is -1.18. The summed E-state index contributed by atoms with van der Waals surface area (Å²) in [4.78, 5) is 23.7. The molecular weight excluding hydrogens is 260 g/mol. The number of carbonyl (C=O) groups excluding carboxylic acids is 2. The summed E-state index contributed by atoms with van der Waals surface area (Å²) in [6.07, 6.45) is 12.0. The van der Waals surface area contributed by atoms with Crippen LogP contribution in [0.3, 0.4) is 0 Å². The monoisotopic (exact) mass is 284 g/mol. The number of allylic oxidation sites excluding steroid dienone is 4. The Morgan fingerprint density at radius 1 is 1.14 bits per heavy atom. The summed E-state index contributed by atoms with van der Waals surface area (Å²) in [5.41, 5.74) is 1.65. The first-order valence-corrected chi connectivity index (χ1v) is 8.38. The first kappa shape index (κ1) is 13.5. The van der Waals surface area contributed by atoms with Crippen LogP contribution in [0.25, 0.3) is 0 Å². The molecule has 3 fully saturated rings. The van der Waals surface area contributed by atoms with Gasteiger partial charge in [0, 0.05) is 18.3 Å². The van der Waals surface area contributed by atoms with Gasteiger partial charge < -0.3 is 0 Å². The molecule has 4 aliphatic rings. The average molecular weight is 284 g/mol. The SMILES string of the molecule is CC12CCC3C(CCC4=CC(=O)C=CC43C)C1CC(=O)C2. The van der Waals surface area contributed by atoms with E-state index in [0.717, 1.165) is 19.3 Å². The third-order valence-corrected chi connectivity index (χ3v) is 7.12. The van der Waals surface area contributed by atoms with Gasteiger partial charge in [-0.15, -0.1) is 0 Å². The average Bonchev–Trinajstić information content (AvgIpc) is 2.74. The smallest absolute Gasteiger partial charge is 0.178 e. The van der Waals surface area contributed by atoms with Gasteiger partial charge in [0.25, 0.3) is 0 Å². The predicted octanol–water partition coefficient (Wildman–Crippen LogP) is 3.86. The molecule has 5 unspecified atom stereocenters. The number of hydrogen-bond donors (Lipinski definition) is 0. The molecule has 2 nitrogen and oxygen atoms in total. The van der Waals surface area contributed by atoms with E-state index >= 15 is 0 Å². The van der Waals surface area contributed by atoms with Crippen molar-refractivity contribution >= 4 is 11.6 Å². The maximum absolute atomic E-state index is 12.0. The number of Topliss-reactive ketones (excluding diaryl/α,β-unsaturated/α-hetero) is 1. The molecule has 0 heterocycles. The molecule has 0 amide bonds. The summed E-state index contributed by atoms with van der Waals surface area (Å²) in [6, 6.07) is 0. The van der Waals surface area contributed by atoms with Gasteiger partial charge in [0.05, 0.1) is 0 Å². The van der Waals surface area contributed by atoms with Crippen LogP contribution >= 0.6 is 0 Å². The van der Waals surface area contributed by atoms with E-state index in [9.17, 15) is 9.59 Å². The molecule has 0 saturated heterocycles. The lowest BCUT2D eigenvalue weighted by Crippen LogP contribution is -2.48. The van der Waals surface area contributed by atoms with Gasteiger partial charge in [0.1, 0.15) is 5.78 Å². The normalized spacial score (nSPS) is 48.5. The van der Waals surface area contributed by atoms with Gasteiger partial charge in [-0.2, -0.15) is 0 Å². The van der Waals surface area contributed by atoms with Crippen LogP contribution < -0.4 is 0 Å². The van der Waals surface area contributed by atoms with E-state index < -0.39 is 0 Å². The van der Waals surface area contributed by atoms with E-state index in [1.807, 2.05) is 6.08 Å². The maximum Gasteiger partial charge on any atom is 0.178 e. The molecule has 4 aliphatic carbocycles. The third kappa shape index (κ3) is 1.77. The number of fused-ring (bicyclic) bond motifs is 5. The predicted molar refractivity (Wildman–Crippen MR) is 81.6 cm³/mol. The second-order valence-electron chi connectivity index (χ2n) is 8.22. The molecule has 0 spiro atoms. The summed E-state index contributed by atoms with van der Waals surface area (Å²) in [6.45, 7) is 4.66. The highest BCUT2D eigenvalue weighted by Crippen LogP contribution is 2.63. The lowest BCUT2D eigenvalue weighted by molar-refractivity contribution is -0.118. The summed E-state index contributed by atoms with van der Waals surface area (Å²) < 4.78 is 0. The number of carbonyl (C=O) groups is 2. The Morgan fingerprint density at radius 2 is 1.95 bits per heavy atom. The van der Waals surface area contributed by atoms with Crippen molar-refractivity contribution in [3.63, 3.8) is 0 Å². The Bertz CT molecular complexity index is 584. The third-order valence-electron chi connectivity index (χ3n) is 7.12. The molecule has 112 valence electrons. The molecule has 0 aliphatic heterocycles. The largest absolute Gasteiger partial charge is 0.300 e. The van der Waals surface area contributed by atoms with Crippen molar-refractivity contribution in [2.45, 2.75) is 52.4 Å². The van der Waals surface area contributed by atoms with Crippen molar-refractivity contribution in [1.29, 1.82) is 0 Å². The maximum atomic E-state index is 12.0. The minimum absolute atomic E-state index is 0.0593. The van der Waals surface area contributed by atoms with Crippen molar-refractivity contribution in [2.24, 2.45) is 28.6 Å². The second-order valence-corrected chi connectivity index (χ2v) is 8.22. The van der Waals surface area contributed by atoms with Gasteiger partial charge in [-0.05, 0) is 61.0 Å². The van der Waals surface area contributed by atoms with Crippen molar-refractivity contribution in [1.82, 2.24) is 0 Å².